The van der Waals surface area contributed by atoms with E-state index in [0.29, 0.717) is 17.5 Å². The molecule has 144 heavy (non-hydrogen) atoms. The van der Waals surface area contributed by atoms with Crippen LogP contribution < -0.4 is 0 Å². The molecule has 0 atom stereocenters. The lowest BCUT2D eigenvalue weighted by molar-refractivity contribution is 1.07. The minimum atomic E-state index is 0.533. The third kappa shape index (κ3) is 13.5. The second-order valence-electron chi connectivity index (χ2n) is 37.8. The molecule has 0 saturated heterocycles. The molecule has 22 aromatic carbocycles. The molecule has 0 aliphatic rings. The number of fused-ring (bicyclic) bond motifs is 18. The van der Waals surface area contributed by atoms with E-state index in [-0.39, 0.29) is 0 Å². The molecular formula is C135H85N9. The summed E-state index contributed by atoms with van der Waals surface area (Å²) < 4.78 is 14.4. The van der Waals surface area contributed by atoms with Gasteiger partial charge in [0.1, 0.15) is 0 Å². The molecule has 0 aliphatic heterocycles. The lowest BCUT2D eigenvalue weighted by Crippen LogP contribution is -2.02. The Morgan fingerprint density at radius 3 is 0.528 bits per heavy atom. The van der Waals surface area contributed by atoms with E-state index in [1.165, 1.54) is 65.2 Å². The van der Waals surface area contributed by atoms with Gasteiger partial charge in [0.15, 0.2) is 17.5 Å². The molecule has 670 valence electrons. The van der Waals surface area contributed by atoms with E-state index in [9.17, 15) is 0 Å². The summed E-state index contributed by atoms with van der Waals surface area (Å²) in [6.07, 6.45) is 0. The van der Waals surface area contributed by atoms with Gasteiger partial charge in [-0.05, 0) is 296 Å². The second kappa shape index (κ2) is 33.2. The average Bonchev–Trinajstić information content (AvgIpc) is 1.58. The van der Waals surface area contributed by atoms with Crippen LogP contribution in [0.3, 0.4) is 0 Å². The van der Waals surface area contributed by atoms with Crippen LogP contribution in [-0.2, 0) is 0 Å². The van der Waals surface area contributed by atoms with E-state index in [4.69, 9.17) is 15.0 Å². The predicted octanol–water partition coefficient (Wildman–Crippen LogP) is 35.1. The fraction of sp³-hybridized carbons (Fsp3) is 0. The van der Waals surface area contributed by atoms with Gasteiger partial charge in [0.05, 0.1) is 66.2 Å². The molecule has 0 spiro atoms. The third-order valence-electron chi connectivity index (χ3n) is 29.6. The fourth-order valence-electron chi connectivity index (χ4n) is 22.9. The molecular weight excluding hydrogens is 1750 g/mol. The summed E-state index contributed by atoms with van der Waals surface area (Å²) in [6, 6.07) is 189. The molecule has 0 amide bonds. The molecule has 29 rings (SSSR count). The third-order valence-corrected chi connectivity index (χ3v) is 29.6. The molecule has 0 saturated carbocycles. The maximum atomic E-state index is 5.74. The van der Waals surface area contributed by atoms with Crippen LogP contribution in [0.4, 0.5) is 0 Å². The van der Waals surface area contributed by atoms with E-state index in [0.717, 1.165) is 194 Å². The Kier molecular flexibility index (Phi) is 18.9. The van der Waals surface area contributed by atoms with E-state index < -0.39 is 0 Å². The Balaban J connectivity index is 0.608. The second-order valence-corrected chi connectivity index (χ2v) is 37.8. The van der Waals surface area contributed by atoms with Crippen molar-refractivity contribution in [2.24, 2.45) is 0 Å². The summed E-state index contributed by atoms with van der Waals surface area (Å²) in [5.74, 6) is 1.61. The lowest BCUT2D eigenvalue weighted by Gasteiger charge is -2.14. The maximum absolute atomic E-state index is 5.74. The number of aromatic nitrogens is 9. The monoisotopic (exact) mass is 1830 g/mol. The largest absolute Gasteiger partial charge is 0.309 e. The predicted molar refractivity (Wildman–Crippen MR) is 600 cm³/mol. The van der Waals surface area contributed by atoms with Gasteiger partial charge in [0, 0.05) is 115 Å². The Morgan fingerprint density at radius 2 is 0.264 bits per heavy atom. The highest BCUT2D eigenvalue weighted by molar-refractivity contribution is 6.18. The Morgan fingerprint density at radius 1 is 0.0972 bits per heavy atom. The molecule has 0 aliphatic carbocycles. The summed E-state index contributed by atoms with van der Waals surface area (Å²) in [4.78, 5) is 17.1. The van der Waals surface area contributed by atoms with Crippen LogP contribution >= 0.6 is 0 Å². The van der Waals surface area contributed by atoms with Gasteiger partial charge in [0.2, 0.25) is 0 Å². The highest BCUT2D eigenvalue weighted by atomic mass is 15.1. The SMILES string of the molecule is c1ccc(-c2cc(-c3ccccc3)cc(-c3cccc(-c4nc(-c5cccc(-n6c7ccc(-c8ccc9c(c8)c8ccccc8n9-c8ccccc8)cc7c7cc(-c8ccc9c(c8)c8ccccc8n9-c8ccccc8)ccc76)c5)nc(-c5cccc(-n6c7ccc(-c8ccc9c(c8)c8ccccc8n9-c8ccccc8)cc7c7cc(-c8ccc9c(c8)c8ccccc8n9-c8ccccc8)ccc76)c5)n4)c3)c2)cc1. The number of hydrogen-bond donors (Lipinski definition) is 0. The van der Waals surface area contributed by atoms with Gasteiger partial charge in [0.25, 0.3) is 0 Å². The first kappa shape index (κ1) is 81.8. The van der Waals surface area contributed by atoms with Gasteiger partial charge in [-0.25, -0.2) is 15.0 Å². The van der Waals surface area contributed by atoms with Crippen molar-refractivity contribution in [2.75, 3.05) is 0 Å². The van der Waals surface area contributed by atoms with Gasteiger partial charge in [-0.1, -0.05) is 297 Å². The molecule has 0 radical (unpaired) electrons. The van der Waals surface area contributed by atoms with Crippen LogP contribution in [0.25, 0.3) is 277 Å². The van der Waals surface area contributed by atoms with E-state index in [1.807, 2.05) is 0 Å². The smallest absolute Gasteiger partial charge is 0.164 e. The Hall–Kier alpha value is -19.4. The molecule has 0 unspecified atom stereocenters. The Labute approximate surface area is 829 Å². The topological polar surface area (TPSA) is 68.2 Å². The first-order valence-corrected chi connectivity index (χ1v) is 49.2. The number of para-hydroxylation sites is 8. The van der Waals surface area contributed by atoms with Crippen molar-refractivity contribution in [3.05, 3.63) is 516 Å². The maximum Gasteiger partial charge on any atom is 0.164 e. The van der Waals surface area contributed by atoms with Gasteiger partial charge in [-0.2, -0.15) is 0 Å². The van der Waals surface area contributed by atoms with Crippen molar-refractivity contribution in [1.82, 2.24) is 42.4 Å². The molecule has 9 heteroatoms. The molecule has 29 aromatic rings. The number of hydrogen-bond acceptors (Lipinski definition) is 3. The molecule has 9 nitrogen and oxygen atoms in total. The highest BCUT2D eigenvalue weighted by Crippen LogP contribution is 2.48. The molecule has 0 bridgehead atoms. The number of nitrogens with zero attached hydrogens (tertiary/aromatic N) is 9. The standard InChI is InChI=1S/C135H85N9/c1-7-30-86(31-8-1)100-73-101(87-32-9-2-10-33-87)75-102(74-100)88-34-27-35-97(72-88)133-136-134(98-36-28-46-107(76-98)143-129-68-60-93(89-56-64-125-113(78-89)109-48-19-23-52-121(109)139(125)103-38-11-3-12-39-103)82-117(129)118-83-94(61-69-130(118)143)90-57-65-126-114(79-90)110-49-20-24-53-122(110)140(126)104-40-13-4-14-41-104)138-135(137-133)99-37-29-47-108(77-99)144-131-70-62-95(91-58-66-127-115(80-91)111-50-21-25-54-123(111)141(127)105-42-15-5-16-43-105)84-119(131)120-85-96(63-71-132(120)144)92-59-67-128-116(81-92)112-51-22-26-55-124(112)142(128)106-44-17-6-18-45-106/h1-85H. The van der Waals surface area contributed by atoms with Crippen molar-refractivity contribution in [3.8, 4) is 146 Å². The van der Waals surface area contributed by atoms with Gasteiger partial charge in [-0.15, -0.1) is 0 Å². The van der Waals surface area contributed by atoms with Crippen molar-refractivity contribution >= 4 is 131 Å². The Bertz CT molecular complexity index is 9290. The minimum Gasteiger partial charge on any atom is -0.309 e. The minimum absolute atomic E-state index is 0.533. The molecule has 7 aromatic heterocycles. The van der Waals surface area contributed by atoms with Crippen molar-refractivity contribution in [3.63, 3.8) is 0 Å². The molecule has 0 fully saturated rings. The normalized spacial score (nSPS) is 11.9. The van der Waals surface area contributed by atoms with E-state index in [2.05, 4.69) is 543 Å². The van der Waals surface area contributed by atoms with Gasteiger partial charge >= 0.3 is 0 Å². The number of rotatable bonds is 16. The fourth-order valence-corrected chi connectivity index (χ4v) is 22.9. The summed E-state index contributed by atoms with van der Waals surface area (Å²) in [5, 5.41) is 14.2. The summed E-state index contributed by atoms with van der Waals surface area (Å²) in [7, 11) is 0. The van der Waals surface area contributed by atoms with Crippen LogP contribution in [0.15, 0.2) is 516 Å². The van der Waals surface area contributed by atoms with E-state index in [1.54, 1.807) is 0 Å². The number of benzene rings is 22. The van der Waals surface area contributed by atoms with Crippen molar-refractivity contribution in [2.45, 2.75) is 0 Å². The van der Waals surface area contributed by atoms with Crippen LogP contribution in [0, 0.1) is 0 Å². The summed E-state index contributed by atoms with van der Waals surface area (Å²) in [5.41, 5.74) is 38.2. The van der Waals surface area contributed by atoms with Crippen molar-refractivity contribution < 1.29 is 0 Å². The molecule has 7 heterocycles. The van der Waals surface area contributed by atoms with Crippen LogP contribution in [0.1, 0.15) is 0 Å². The first-order chi connectivity index (χ1) is 71.4. The summed E-state index contributed by atoms with van der Waals surface area (Å²) in [6.45, 7) is 0. The van der Waals surface area contributed by atoms with Crippen LogP contribution in [-0.4, -0.2) is 42.4 Å². The van der Waals surface area contributed by atoms with Crippen LogP contribution in [0.5, 0.6) is 0 Å². The van der Waals surface area contributed by atoms with Crippen LogP contribution in [0.2, 0.25) is 0 Å². The van der Waals surface area contributed by atoms with Gasteiger partial charge in [-0.3, -0.25) is 0 Å². The first-order valence-electron chi connectivity index (χ1n) is 49.2. The summed E-state index contributed by atoms with van der Waals surface area (Å²) >= 11 is 0. The zero-order valence-electron chi connectivity index (χ0n) is 78.1. The molecule has 0 N–H and O–H groups in total. The zero-order valence-corrected chi connectivity index (χ0v) is 78.1. The average molecular weight is 1830 g/mol. The van der Waals surface area contributed by atoms with E-state index >= 15 is 0 Å². The zero-order chi connectivity index (χ0) is 94.6. The van der Waals surface area contributed by atoms with Gasteiger partial charge < -0.3 is 27.4 Å². The van der Waals surface area contributed by atoms with Crippen molar-refractivity contribution in [1.29, 1.82) is 0 Å². The highest BCUT2D eigenvalue weighted by Gasteiger charge is 2.26. The lowest BCUT2D eigenvalue weighted by atomic mass is 9.93. The quantitative estimate of drug-likeness (QED) is 0.0968.